The molecule has 17 heavy (non-hydrogen) atoms. The van der Waals surface area contributed by atoms with Crippen molar-refractivity contribution in [3.05, 3.63) is 0 Å². The van der Waals surface area contributed by atoms with Crippen LogP contribution in [0.5, 0.6) is 0 Å². The first-order valence-electron chi connectivity index (χ1n) is 6.08. The molecule has 1 saturated heterocycles. The van der Waals surface area contributed by atoms with Gasteiger partial charge < -0.3 is 15.2 Å². The molecule has 1 rings (SSSR count). The molecule has 5 heteroatoms. The highest BCUT2D eigenvalue weighted by molar-refractivity contribution is 5.89. The molecule has 2 N–H and O–H groups in total. The van der Waals surface area contributed by atoms with Gasteiger partial charge in [-0.15, -0.1) is 0 Å². The summed E-state index contributed by atoms with van der Waals surface area (Å²) in [5, 5.41) is 11.7. The molecule has 0 aliphatic carbocycles. The standard InChI is InChI=1S/C12H21NO4/c1-4-8(2)9(10(14)15)13-11(16)12(3)6-5-7-17-12/h8-9H,4-7H2,1-3H3,(H,13,16)(H,14,15)/t8?,9-,12?/m0/s1. The quantitative estimate of drug-likeness (QED) is 0.760. The zero-order chi connectivity index (χ0) is 13.1. The van der Waals surface area contributed by atoms with Crippen LogP contribution >= 0.6 is 0 Å². The number of hydrogen-bond donors (Lipinski definition) is 2. The van der Waals surface area contributed by atoms with Crippen LogP contribution in [0.2, 0.25) is 0 Å². The summed E-state index contributed by atoms with van der Waals surface area (Å²) in [6, 6.07) is -0.839. The lowest BCUT2D eigenvalue weighted by Gasteiger charge is -2.27. The third-order valence-electron chi connectivity index (χ3n) is 3.46. The van der Waals surface area contributed by atoms with E-state index in [0.29, 0.717) is 19.4 Å². The lowest BCUT2D eigenvalue weighted by Crippen LogP contribution is -2.52. The molecular weight excluding hydrogens is 222 g/mol. The van der Waals surface area contributed by atoms with E-state index in [-0.39, 0.29) is 11.8 Å². The molecule has 0 aromatic carbocycles. The predicted molar refractivity (Wildman–Crippen MR) is 62.6 cm³/mol. The second kappa shape index (κ2) is 5.49. The Morgan fingerprint density at radius 2 is 2.18 bits per heavy atom. The normalized spacial score (nSPS) is 27.5. The monoisotopic (exact) mass is 243 g/mol. The van der Waals surface area contributed by atoms with Crippen molar-refractivity contribution in [3.63, 3.8) is 0 Å². The van der Waals surface area contributed by atoms with Gasteiger partial charge in [-0.2, -0.15) is 0 Å². The van der Waals surface area contributed by atoms with Gasteiger partial charge >= 0.3 is 5.97 Å². The Labute approximate surface area is 102 Å². The van der Waals surface area contributed by atoms with Crippen molar-refractivity contribution in [1.82, 2.24) is 5.32 Å². The fourth-order valence-corrected chi connectivity index (χ4v) is 1.94. The van der Waals surface area contributed by atoms with Gasteiger partial charge in [-0.1, -0.05) is 20.3 Å². The Bertz CT molecular complexity index is 297. The van der Waals surface area contributed by atoms with E-state index in [1.165, 1.54) is 0 Å². The number of nitrogens with one attached hydrogen (secondary N) is 1. The van der Waals surface area contributed by atoms with E-state index in [1.54, 1.807) is 6.92 Å². The number of carboxylic acid groups (broad SMARTS) is 1. The zero-order valence-corrected chi connectivity index (χ0v) is 10.7. The summed E-state index contributed by atoms with van der Waals surface area (Å²) >= 11 is 0. The van der Waals surface area contributed by atoms with Crippen molar-refractivity contribution in [2.45, 2.75) is 51.7 Å². The van der Waals surface area contributed by atoms with E-state index in [4.69, 9.17) is 9.84 Å². The average molecular weight is 243 g/mol. The summed E-state index contributed by atoms with van der Waals surface area (Å²) in [5.74, 6) is -1.40. The number of hydrogen-bond acceptors (Lipinski definition) is 3. The summed E-state index contributed by atoms with van der Waals surface area (Å²) in [4.78, 5) is 23.1. The number of carboxylic acids is 1. The Hall–Kier alpha value is -1.10. The van der Waals surface area contributed by atoms with E-state index in [1.807, 2.05) is 13.8 Å². The molecule has 3 atom stereocenters. The van der Waals surface area contributed by atoms with Gasteiger partial charge in [0.25, 0.3) is 5.91 Å². The van der Waals surface area contributed by atoms with Crippen molar-refractivity contribution in [1.29, 1.82) is 0 Å². The highest BCUT2D eigenvalue weighted by Gasteiger charge is 2.40. The Kier molecular flexibility index (Phi) is 4.51. The van der Waals surface area contributed by atoms with Crippen LogP contribution in [-0.2, 0) is 14.3 Å². The number of aliphatic carboxylic acids is 1. The zero-order valence-electron chi connectivity index (χ0n) is 10.7. The van der Waals surface area contributed by atoms with Gasteiger partial charge in [-0.05, 0) is 25.7 Å². The molecule has 0 spiro atoms. The smallest absolute Gasteiger partial charge is 0.326 e. The van der Waals surface area contributed by atoms with Gasteiger partial charge in [0.05, 0.1) is 0 Å². The summed E-state index contributed by atoms with van der Waals surface area (Å²) in [6.45, 7) is 5.99. The SMILES string of the molecule is CCC(C)[C@H](NC(=O)C1(C)CCCO1)C(=O)O. The molecule has 1 fully saturated rings. The highest BCUT2D eigenvalue weighted by Crippen LogP contribution is 2.25. The van der Waals surface area contributed by atoms with Gasteiger partial charge in [-0.25, -0.2) is 4.79 Å². The third kappa shape index (κ3) is 3.19. The Morgan fingerprint density at radius 3 is 2.59 bits per heavy atom. The summed E-state index contributed by atoms with van der Waals surface area (Å²) in [6.07, 6.45) is 2.19. The maximum Gasteiger partial charge on any atom is 0.326 e. The molecule has 0 saturated carbocycles. The van der Waals surface area contributed by atoms with Crippen LogP contribution < -0.4 is 5.32 Å². The second-order valence-electron chi connectivity index (χ2n) is 4.86. The second-order valence-corrected chi connectivity index (χ2v) is 4.86. The molecule has 0 radical (unpaired) electrons. The molecule has 1 aliphatic heterocycles. The molecule has 0 aromatic rings. The Balaban J connectivity index is 2.67. The largest absolute Gasteiger partial charge is 0.480 e. The molecule has 1 amide bonds. The fourth-order valence-electron chi connectivity index (χ4n) is 1.94. The first kappa shape index (κ1) is 14.0. The maximum atomic E-state index is 12.0. The highest BCUT2D eigenvalue weighted by atomic mass is 16.5. The van der Waals surface area contributed by atoms with Gasteiger partial charge in [-0.3, -0.25) is 4.79 Å². The number of carbonyl (C=O) groups excluding carboxylic acids is 1. The lowest BCUT2D eigenvalue weighted by molar-refractivity contribution is -0.148. The molecule has 0 aromatic heterocycles. The van der Waals surface area contributed by atoms with Gasteiger partial charge in [0.2, 0.25) is 0 Å². The van der Waals surface area contributed by atoms with Crippen LogP contribution in [0.1, 0.15) is 40.0 Å². The van der Waals surface area contributed by atoms with E-state index >= 15 is 0 Å². The Morgan fingerprint density at radius 1 is 1.53 bits per heavy atom. The maximum absolute atomic E-state index is 12.0. The predicted octanol–water partition coefficient (Wildman–Crippen LogP) is 1.17. The minimum atomic E-state index is -0.991. The molecular formula is C12H21NO4. The molecule has 2 unspecified atom stereocenters. The van der Waals surface area contributed by atoms with Gasteiger partial charge in [0.1, 0.15) is 11.6 Å². The lowest BCUT2D eigenvalue weighted by atomic mass is 9.96. The first-order valence-corrected chi connectivity index (χ1v) is 6.08. The summed E-state index contributed by atoms with van der Waals surface area (Å²) in [5.41, 5.74) is -0.860. The number of rotatable bonds is 5. The molecule has 0 bridgehead atoms. The molecule has 1 heterocycles. The minimum Gasteiger partial charge on any atom is -0.480 e. The first-order chi connectivity index (χ1) is 7.90. The minimum absolute atomic E-state index is 0.0959. The van der Waals surface area contributed by atoms with Crippen molar-refractivity contribution in [2.24, 2.45) is 5.92 Å². The van der Waals surface area contributed by atoms with Crippen LogP contribution in [0.4, 0.5) is 0 Å². The van der Waals surface area contributed by atoms with Crippen LogP contribution in [0.15, 0.2) is 0 Å². The van der Waals surface area contributed by atoms with E-state index in [0.717, 1.165) is 6.42 Å². The van der Waals surface area contributed by atoms with Crippen molar-refractivity contribution in [2.75, 3.05) is 6.61 Å². The third-order valence-corrected chi connectivity index (χ3v) is 3.46. The van der Waals surface area contributed by atoms with Crippen LogP contribution in [0.25, 0.3) is 0 Å². The topological polar surface area (TPSA) is 75.6 Å². The molecule has 1 aliphatic rings. The van der Waals surface area contributed by atoms with Crippen molar-refractivity contribution >= 4 is 11.9 Å². The molecule has 98 valence electrons. The van der Waals surface area contributed by atoms with E-state index < -0.39 is 17.6 Å². The van der Waals surface area contributed by atoms with Crippen LogP contribution in [0, 0.1) is 5.92 Å². The van der Waals surface area contributed by atoms with Gasteiger partial charge in [0.15, 0.2) is 0 Å². The fraction of sp³-hybridized carbons (Fsp3) is 0.833. The van der Waals surface area contributed by atoms with E-state index in [2.05, 4.69) is 5.32 Å². The van der Waals surface area contributed by atoms with Crippen LogP contribution in [-0.4, -0.2) is 35.2 Å². The number of amides is 1. The van der Waals surface area contributed by atoms with Crippen molar-refractivity contribution < 1.29 is 19.4 Å². The van der Waals surface area contributed by atoms with Gasteiger partial charge in [0, 0.05) is 6.61 Å². The van der Waals surface area contributed by atoms with Crippen LogP contribution in [0.3, 0.4) is 0 Å². The van der Waals surface area contributed by atoms with E-state index in [9.17, 15) is 9.59 Å². The average Bonchev–Trinajstić information content (AvgIpc) is 2.72. The summed E-state index contributed by atoms with van der Waals surface area (Å²) in [7, 11) is 0. The summed E-state index contributed by atoms with van der Waals surface area (Å²) < 4.78 is 5.39. The number of carbonyl (C=O) groups is 2. The number of ether oxygens (including phenoxy) is 1. The van der Waals surface area contributed by atoms with Crippen molar-refractivity contribution in [3.8, 4) is 0 Å². The molecule has 5 nitrogen and oxygen atoms in total.